The lowest BCUT2D eigenvalue weighted by Crippen LogP contribution is -2.58. The highest BCUT2D eigenvalue weighted by atomic mass is 19.1. The Bertz CT molecular complexity index is 1050. The number of benzene rings is 1. The molecule has 1 aromatic carbocycles. The molecule has 2 fully saturated rings. The molecule has 2 N–H and O–H groups in total. The molecule has 2 saturated heterocycles. The third-order valence-corrected chi connectivity index (χ3v) is 5.89. The van der Waals surface area contributed by atoms with Crippen molar-refractivity contribution in [2.75, 3.05) is 0 Å². The number of phenolic OH excluding ortho intramolecular Hbond substituents is 1. The van der Waals surface area contributed by atoms with Gasteiger partial charge in [0.25, 0.3) is 0 Å². The highest BCUT2D eigenvalue weighted by Crippen LogP contribution is 2.40. The van der Waals surface area contributed by atoms with Crippen LogP contribution in [0, 0.1) is 0 Å². The number of hydrogen-bond acceptors (Lipinski definition) is 7. The maximum atomic E-state index is 14.7. The van der Waals surface area contributed by atoms with Crippen LogP contribution in [0.25, 0.3) is 16.9 Å². The summed E-state index contributed by atoms with van der Waals surface area (Å²) < 4.78 is 36.2. The largest absolute Gasteiger partial charge is 0.507 e. The first-order chi connectivity index (χ1) is 14.4. The van der Waals surface area contributed by atoms with E-state index in [1.54, 1.807) is 48.4 Å². The molecule has 2 aliphatic rings. The van der Waals surface area contributed by atoms with Crippen molar-refractivity contribution in [1.29, 1.82) is 0 Å². The van der Waals surface area contributed by atoms with E-state index in [0.29, 0.717) is 11.3 Å². The fraction of sp³-hybridized carbons (Fsp3) is 0.400. The van der Waals surface area contributed by atoms with Gasteiger partial charge in [-0.1, -0.05) is 5.10 Å². The van der Waals surface area contributed by atoms with Gasteiger partial charge in [-0.25, -0.2) is 18.7 Å². The van der Waals surface area contributed by atoms with Gasteiger partial charge in [0.05, 0.1) is 23.8 Å². The van der Waals surface area contributed by atoms with Gasteiger partial charge in [-0.2, -0.15) is 0 Å². The maximum Gasteiger partial charge on any atom is 0.336 e. The first kappa shape index (κ1) is 18.9. The second kappa shape index (κ2) is 6.98. The highest BCUT2D eigenvalue weighted by Gasteiger charge is 2.55. The summed E-state index contributed by atoms with van der Waals surface area (Å²) in [7, 11) is 0. The Morgan fingerprint density at radius 3 is 2.87 bits per heavy atom. The maximum absolute atomic E-state index is 14.7. The second-order valence-corrected chi connectivity index (χ2v) is 7.97. The van der Waals surface area contributed by atoms with Crippen molar-refractivity contribution >= 4 is 0 Å². The molecule has 2 aromatic heterocycles. The Morgan fingerprint density at radius 2 is 2.17 bits per heavy atom. The van der Waals surface area contributed by atoms with Crippen molar-refractivity contribution in [2.45, 2.75) is 49.8 Å². The number of imidazole rings is 1. The summed E-state index contributed by atoms with van der Waals surface area (Å²) in [6, 6.07) is 4.41. The number of nitrogens with one attached hydrogen (secondary N) is 1. The predicted octanol–water partition coefficient (Wildman–Crippen LogP) is 2.38. The molecule has 0 saturated carbocycles. The number of phenols is 1. The summed E-state index contributed by atoms with van der Waals surface area (Å²) >= 11 is 0. The van der Waals surface area contributed by atoms with Gasteiger partial charge < -0.3 is 19.7 Å². The van der Waals surface area contributed by atoms with Gasteiger partial charge in [0.15, 0.2) is 6.17 Å². The first-order valence-corrected chi connectivity index (χ1v) is 9.67. The average Bonchev–Trinajstić information content (AvgIpc) is 3.34. The number of nitrogens with zero attached hydrogens (tertiary/aromatic N) is 5. The molecular weight excluding hydrogens is 394 g/mol. The Labute approximate surface area is 171 Å². The predicted molar refractivity (Wildman–Crippen MR) is 103 cm³/mol. The molecule has 156 valence electrons. The Hall–Kier alpha value is -3.14. The molecule has 0 aliphatic carbocycles. The van der Waals surface area contributed by atoms with Crippen LogP contribution in [0.4, 0.5) is 8.78 Å². The van der Waals surface area contributed by atoms with E-state index < -0.39 is 30.0 Å². The fourth-order valence-corrected chi connectivity index (χ4v) is 4.24. The fourth-order valence-electron chi connectivity index (χ4n) is 4.24. The van der Waals surface area contributed by atoms with E-state index in [0.717, 1.165) is 5.69 Å². The van der Waals surface area contributed by atoms with Gasteiger partial charge in [-0.05, 0) is 25.5 Å². The number of ether oxygens (including phenoxy) is 1. The summed E-state index contributed by atoms with van der Waals surface area (Å²) in [6.07, 6.45) is 3.40. The van der Waals surface area contributed by atoms with Crippen molar-refractivity contribution in [1.82, 2.24) is 30.0 Å². The van der Waals surface area contributed by atoms with Crippen molar-refractivity contribution in [3.05, 3.63) is 43.1 Å². The smallest absolute Gasteiger partial charge is 0.336 e. The van der Waals surface area contributed by atoms with E-state index >= 15 is 0 Å². The van der Waals surface area contributed by atoms with Crippen molar-refractivity contribution in [3.63, 3.8) is 0 Å². The molecule has 2 aliphatic heterocycles. The lowest BCUT2D eigenvalue weighted by Gasteiger charge is -2.38. The minimum atomic E-state index is -1.36. The van der Waals surface area contributed by atoms with Crippen LogP contribution in [0.1, 0.15) is 19.8 Å². The topological polar surface area (TPSA) is 98.0 Å². The molecule has 0 amide bonds. The molecule has 3 aromatic rings. The van der Waals surface area contributed by atoms with Crippen LogP contribution in [0.3, 0.4) is 0 Å². The summed E-state index contributed by atoms with van der Waals surface area (Å²) in [4.78, 5) is 8.08. The quantitative estimate of drug-likeness (QED) is 0.676. The van der Waals surface area contributed by atoms with Gasteiger partial charge in [0.2, 0.25) is 0 Å². The SMILES string of the molecule is C[C@]12C[C@@H](Oc3ncc(-c4ccc(-n5ccnc5)cc4O)nn3)[C@H](F)C(C[C@@H]1F)N2. The third kappa shape index (κ3) is 3.17. The van der Waals surface area contributed by atoms with Crippen molar-refractivity contribution in [2.24, 2.45) is 0 Å². The number of fused-ring (bicyclic) bond motifs is 2. The van der Waals surface area contributed by atoms with E-state index in [1.807, 2.05) is 0 Å². The number of aromatic nitrogens is 5. The lowest BCUT2D eigenvalue weighted by atomic mass is 9.89. The van der Waals surface area contributed by atoms with Crippen LogP contribution < -0.4 is 10.1 Å². The standard InChI is InChI=1S/C20H20F2N6O2/c1-20-8-16(18(22)13(25-20)7-17(20)21)30-19-24-9-14(26-27-19)12-3-2-11(6-15(12)29)28-5-4-23-10-28/h2-6,9-10,13,16-18,25,29H,7-8H2,1H3/t13?,16-,17+,18-,20+/m1/s1. The summed E-state index contributed by atoms with van der Waals surface area (Å²) in [5.74, 6) is 0.00614. The number of halogens is 2. The van der Waals surface area contributed by atoms with E-state index in [9.17, 15) is 13.9 Å². The van der Waals surface area contributed by atoms with Gasteiger partial charge in [-0.15, -0.1) is 5.10 Å². The molecule has 1 unspecified atom stereocenters. The Morgan fingerprint density at radius 1 is 1.30 bits per heavy atom. The molecule has 5 atom stereocenters. The van der Waals surface area contributed by atoms with Gasteiger partial charge in [0, 0.05) is 36.5 Å². The molecule has 5 rings (SSSR count). The molecule has 0 radical (unpaired) electrons. The molecule has 2 bridgehead atoms. The average molecular weight is 414 g/mol. The minimum Gasteiger partial charge on any atom is -0.507 e. The normalized spacial score (nSPS) is 30.4. The van der Waals surface area contributed by atoms with Crippen LogP contribution in [-0.2, 0) is 0 Å². The zero-order valence-electron chi connectivity index (χ0n) is 16.1. The Balaban J connectivity index is 1.33. The molecule has 4 heterocycles. The van der Waals surface area contributed by atoms with E-state index in [4.69, 9.17) is 4.74 Å². The number of hydrogen-bond donors (Lipinski definition) is 2. The summed E-state index contributed by atoms with van der Waals surface area (Å²) in [6.45, 7) is 1.73. The summed E-state index contributed by atoms with van der Waals surface area (Å²) in [5, 5.41) is 21.4. The Kier molecular flexibility index (Phi) is 4.39. The molecule has 0 spiro atoms. The number of alkyl halides is 2. The van der Waals surface area contributed by atoms with E-state index in [1.165, 1.54) is 6.20 Å². The number of aromatic hydroxyl groups is 1. The molecule has 10 heteroatoms. The molecule has 30 heavy (non-hydrogen) atoms. The van der Waals surface area contributed by atoms with Crippen LogP contribution >= 0.6 is 0 Å². The highest BCUT2D eigenvalue weighted by molar-refractivity contribution is 5.67. The van der Waals surface area contributed by atoms with Gasteiger partial charge in [-0.3, -0.25) is 0 Å². The number of piperidine rings is 1. The monoisotopic (exact) mass is 414 g/mol. The first-order valence-electron chi connectivity index (χ1n) is 9.67. The lowest BCUT2D eigenvalue weighted by molar-refractivity contribution is 0.0138. The van der Waals surface area contributed by atoms with Crippen LogP contribution in [-0.4, -0.2) is 59.9 Å². The van der Waals surface area contributed by atoms with Crippen LogP contribution in [0.2, 0.25) is 0 Å². The van der Waals surface area contributed by atoms with Crippen LogP contribution in [0.5, 0.6) is 11.8 Å². The minimum absolute atomic E-state index is 0.00614. The summed E-state index contributed by atoms with van der Waals surface area (Å²) in [5.41, 5.74) is 0.717. The van der Waals surface area contributed by atoms with Crippen LogP contribution in [0.15, 0.2) is 43.1 Å². The molecular formula is C20H20F2N6O2. The second-order valence-electron chi connectivity index (χ2n) is 7.97. The van der Waals surface area contributed by atoms with E-state index in [2.05, 4.69) is 25.5 Å². The number of rotatable bonds is 4. The zero-order chi connectivity index (χ0) is 20.9. The van der Waals surface area contributed by atoms with Crippen molar-refractivity contribution < 1.29 is 18.6 Å². The zero-order valence-corrected chi connectivity index (χ0v) is 16.1. The third-order valence-electron chi connectivity index (χ3n) is 5.89. The van der Waals surface area contributed by atoms with Crippen molar-refractivity contribution in [3.8, 4) is 28.7 Å². The molecule has 8 nitrogen and oxygen atoms in total. The van der Waals surface area contributed by atoms with Gasteiger partial charge in [0.1, 0.15) is 23.7 Å². The van der Waals surface area contributed by atoms with Gasteiger partial charge >= 0.3 is 6.01 Å². The van der Waals surface area contributed by atoms with E-state index in [-0.39, 0.29) is 24.6 Å².